The zero-order valence-corrected chi connectivity index (χ0v) is 14.4. The molecule has 22 heavy (non-hydrogen) atoms. The van der Waals surface area contributed by atoms with Crippen LogP contribution in [0.2, 0.25) is 6.82 Å². The van der Waals surface area contributed by atoms with E-state index < -0.39 is 7.12 Å². The molecular formula is C17H31BN2O2. The predicted molar refractivity (Wildman–Crippen MR) is 100 cm³/mol. The maximum atomic E-state index is 7.61. The first-order valence-electron chi connectivity index (χ1n) is 7.49. The second kappa shape index (κ2) is 21.3. The van der Waals surface area contributed by atoms with Crippen LogP contribution in [-0.2, 0) is 0 Å². The van der Waals surface area contributed by atoms with E-state index in [4.69, 9.17) is 21.5 Å². The molecule has 0 aromatic heterocycles. The smallest absolute Gasteiger partial charge is 0.427 e. The minimum absolute atomic E-state index is 0.822. The number of nitrogen functional groups attached to an aromatic ring is 2. The summed E-state index contributed by atoms with van der Waals surface area (Å²) in [5.74, 6) is 0. The molecule has 2 aromatic rings. The second-order valence-corrected chi connectivity index (χ2v) is 3.45. The van der Waals surface area contributed by atoms with Crippen molar-refractivity contribution >= 4 is 18.5 Å². The van der Waals surface area contributed by atoms with E-state index in [1.54, 1.807) is 0 Å². The number of nitrogens with two attached hydrogens (primary N) is 2. The first-order chi connectivity index (χ1) is 10.5. The molecule has 0 saturated heterocycles. The Kier molecular flexibility index (Phi) is 24.2. The summed E-state index contributed by atoms with van der Waals surface area (Å²) >= 11 is 0. The SMILES string of the molecule is CB(O)O.CC.CC.Nc1ccccc1.Nc1ccccc1. The van der Waals surface area contributed by atoms with Gasteiger partial charge in [-0.05, 0) is 31.1 Å². The van der Waals surface area contributed by atoms with Gasteiger partial charge >= 0.3 is 7.12 Å². The Bertz CT molecular complexity index is 358. The van der Waals surface area contributed by atoms with Crippen LogP contribution in [0.5, 0.6) is 0 Å². The molecule has 0 aliphatic heterocycles. The van der Waals surface area contributed by atoms with Gasteiger partial charge < -0.3 is 21.5 Å². The Hall–Kier alpha value is -1.98. The van der Waals surface area contributed by atoms with E-state index in [1.807, 2.05) is 88.4 Å². The Balaban J connectivity index is -0.000000228. The highest BCUT2D eigenvalue weighted by Crippen LogP contribution is 1.96. The van der Waals surface area contributed by atoms with Gasteiger partial charge in [0.05, 0.1) is 0 Å². The Morgan fingerprint density at radius 3 is 0.909 bits per heavy atom. The van der Waals surface area contributed by atoms with Crippen molar-refractivity contribution in [3.63, 3.8) is 0 Å². The molecule has 0 radical (unpaired) electrons. The standard InChI is InChI=1S/2C6H7N.2C2H6.CH5BO2/c2*7-6-4-2-1-3-5-6;2*1-2;1-2(3)4/h2*1-5H,7H2;2*1-2H3;3-4H,1H3. The van der Waals surface area contributed by atoms with Gasteiger partial charge in [-0.25, -0.2) is 0 Å². The minimum Gasteiger partial charge on any atom is -0.427 e. The van der Waals surface area contributed by atoms with Crippen LogP contribution >= 0.6 is 0 Å². The van der Waals surface area contributed by atoms with Gasteiger partial charge in [0.2, 0.25) is 0 Å². The predicted octanol–water partition coefficient (Wildman–Crippen LogP) is 3.68. The molecule has 0 unspecified atom stereocenters. The molecule has 124 valence electrons. The largest absolute Gasteiger partial charge is 0.448 e. The molecule has 0 aliphatic rings. The summed E-state index contributed by atoms with van der Waals surface area (Å²) in [6.45, 7) is 9.28. The normalized spacial score (nSPS) is 7.23. The maximum absolute atomic E-state index is 7.61. The number of rotatable bonds is 0. The van der Waals surface area contributed by atoms with Crippen LogP contribution in [-0.4, -0.2) is 17.2 Å². The van der Waals surface area contributed by atoms with E-state index in [9.17, 15) is 0 Å². The monoisotopic (exact) mass is 306 g/mol. The van der Waals surface area contributed by atoms with Gasteiger partial charge in [0.15, 0.2) is 0 Å². The van der Waals surface area contributed by atoms with Crippen LogP contribution in [0, 0.1) is 0 Å². The lowest BCUT2D eigenvalue weighted by Gasteiger charge is -1.83. The van der Waals surface area contributed by atoms with Crippen LogP contribution in [0.25, 0.3) is 0 Å². The summed E-state index contributed by atoms with van der Waals surface area (Å²) in [4.78, 5) is 0. The van der Waals surface area contributed by atoms with Gasteiger partial charge in [0.1, 0.15) is 0 Å². The van der Waals surface area contributed by atoms with Gasteiger partial charge in [-0.3, -0.25) is 0 Å². The van der Waals surface area contributed by atoms with Gasteiger partial charge in [-0.2, -0.15) is 0 Å². The van der Waals surface area contributed by atoms with E-state index in [0.717, 1.165) is 11.4 Å². The molecule has 0 atom stereocenters. The molecule has 0 bridgehead atoms. The average molecular weight is 306 g/mol. The van der Waals surface area contributed by atoms with Gasteiger partial charge in [-0.1, -0.05) is 64.1 Å². The van der Waals surface area contributed by atoms with E-state index in [0.29, 0.717) is 0 Å². The third-order valence-electron chi connectivity index (χ3n) is 1.60. The Morgan fingerprint density at radius 2 is 0.818 bits per heavy atom. The fraction of sp³-hybridized carbons (Fsp3) is 0.294. The molecule has 2 rings (SSSR count). The van der Waals surface area contributed by atoms with Crippen LogP contribution in [0.15, 0.2) is 60.7 Å². The van der Waals surface area contributed by atoms with Gasteiger partial charge in [0.25, 0.3) is 0 Å². The molecule has 5 heteroatoms. The summed E-state index contributed by atoms with van der Waals surface area (Å²) in [7, 11) is -1.17. The van der Waals surface area contributed by atoms with E-state index in [2.05, 4.69) is 0 Å². The van der Waals surface area contributed by atoms with Crippen molar-refractivity contribution in [2.75, 3.05) is 11.5 Å². The lowest BCUT2D eigenvalue weighted by atomic mass is 9.99. The molecular weight excluding hydrogens is 275 g/mol. The minimum atomic E-state index is -1.17. The lowest BCUT2D eigenvalue weighted by Crippen LogP contribution is -2.00. The molecule has 0 amide bonds. The highest BCUT2D eigenvalue weighted by Gasteiger charge is 1.86. The summed E-state index contributed by atoms with van der Waals surface area (Å²) in [5, 5.41) is 15.2. The average Bonchev–Trinajstić information content (AvgIpc) is 2.53. The van der Waals surface area contributed by atoms with Crippen LogP contribution in [0.4, 0.5) is 11.4 Å². The van der Waals surface area contributed by atoms with Crippen molar-refractivity contribution in [3.8, 4) is 0 Å². The van der Waals surface area contributed by atoms with Crippen LogP contribution < -0.4 is 11.5 Å². The molecule has 0 spiro atoms. The number of para-hydroxylation sites is 2. The number of hydrogen-bond acceptors (Lipinski definition) is 4. The second-order valence-electron chi connectivity index (χ2n) is 3.45. The van der Waals surface area contributed by atoms with Crippen molar-refractivity contribution < 1.29 is 10.0 Å². The number of benzene rings is 2. The maximum Gasteiger partial charge on any atom is 0.448 e. The fourth-order valence-electron chi connectivity index (χ4n) is 0.906. The van der Waals surface area contributed by atoms with Crippen LogP contribution in [0.1, 0.15) is 27.7 Å². The fourth-order valence-corrected chi connectivity index (χ4v) is 0.906. The van der Waals surface area contributed by atoms with Crippen molar-refractivity contribution in [3.05, 3.63) is 60.7 Å². The Labute approximate surface area is 135 Å². The van der Waals surface area contributed by atoms with Crippen molar-refractivity contribution in [1.29, 1.82) is 0 Å². The highest BCUT2D eigenvalue weighted by atomic mass is 16.4. The van der Waals surface area contributed by atoms with Crippen molar-refractivity contribution in [2.24, 2.45) is 0 Å². The summed E-state index contributed by atoms with van der Waals surface area (Å²) in [6.07, 6.45) is 0. The number of hydrogen-bond donors (Lipinski definition) is 4. The van der Waals surface area contributed by atoms with Gasteiger partial charge in [0, 0.05) is 11.4 Å². The zero-order chi connectivity index (χ0) is 17.8. The van der Waals surface area contributed by atoms with E-state index in [-0.39, 0.29) is 0 Å². The first-order valence-corrected chi connectivity index (χ1v) is 7.49. The molecule has 0 fully saturated rings. The van der Waals surface area contributed by atoms with E-state index in [1.165, 1.54) is 6.82 Å². The first kappa shape index (κ1) is 25.0. The summed E-state index contributed by atoms with van der Waals surface area (Å²) in [6, 6.07) is 19.0. The summed E-state index contributed by atoms with van der Waals surface area (Å²) < 4.78 is 0. The van der Waals surface area contributed by atoms with Gasteiger partial charge in [-0.15, -0.1) is 0 Å². The lowest BCUT2D eigenvalue weighted by molar-refractivity contribution is 0.417. The number of anilines is 2. The molecule has 0 heterocycles. The molecule has 0 saturated carbocycles. The third kappa shape index (κ3) is 26.6. The molecule has 4 nitrogen and oxygen atoms in total. The molecule has 0 aliphatic carbocycles. The zero-order valence-electron chi connectivity index (χ0n) is 14.4. The summed E-state index contributed by atoms with van der Waals surface area (Å²) in [5.41, 5.74) is 12.4. The van der Waals surface area contributed by atoms with Crippen LogP contribution in [0.3, 0.4) is 0 Å². The third-order valence-corrected chi connectivity index (χ3v) is 1.60. The highest BCUT2D eigenvalue weighted by molar-refractivity contribution is 6.38. The quantitative estimate of drug-likeness (QED) is 0.441. The topological polar surface area (TPSA) is 92.5 Å². The molecule has 6 N–H and O–H groups in total. The van der Waals surface area contributed by atoms with Crippen molar-refractivity contribution in [2.45, 2.75) is 34.5 Å². The van der Waals surface area contributed by atoms with Crippen molar-refractivity contribution in [1.82, 2.24) is 0 Å². The Morgan fingerprint density at radius 1 is 0.636 bits per heavy atom. The molecule has 2 aromatic carbocycles. The van der Waals surface area contributed by atoms with E-state index >= 15 is 0 Å².